The van der Waals surface area contributed by atoms with Crippen LogP contribution in [-0.4, -0.2) is 26.5 Å². The second kappa shape index (κ2) is 4.37. The van der Waals surface area contributed by atoms with E-state index in [4.69, 9.17) is 9.16 Å². The Bertz CT molecular complexity index is 633. The topological polar surface area (TPSA) is 35.5 Å². The van der Waals surface area contributed by atoms with Gasteiger partial charge in [0.2, 0.25) is 0 Å². The third-order valence-corrected chi connectivity index (χ3v) is 12.8. The van der Waals surface area contributed by atoms with Gasteiger partial charge < -0.3 is 9.16 Å². The Morgan fingerprint density at radius 2 is 2.00 bits per heavy atom. The third-order valence-electron chi connectivity index (χ3n) is 8.39. The molecule has 4 rings (SSSR count). The molecule has 4 aliphatic carbocycles. The maximum Gasteiger partial charge on any atom is 0.315 e. The van der Waals surface area contributed by atoms with Gasteiger partial charge >= 0.3 is 5.97 Å². The van der Waals surface area contributed by atoms with Crippen molar-refractivity contribution in [2.45, 2.75) is 71.2 Å². The molecule has 0 spiro atoms. The zero-order valence-corrected chi connectivity index (χ0v) is 17.2. The second-order valence-electron chi connectivity index (χ2n) is 10.1. The van der Waals surface area contributed by atoms with Crippen molar-refractivity contribution in [3.8, 4) is 0 Å². The molecule has 0 N–H and O–H groups in total. The van der Waals surface area contributed by atoms with Crippen molar-refractivity contribution < 1.29 is 14.0 Å². The third kappa shape index (κ3) is 1.45. The first-order valence-corrected chi connectivity index (χ1v) is 12.5. The summed E-state index contributed by atoms with van der Waals surface area (Å²) < 4.78 is 12.7. The largest absolute Gasteiger partial charge is 0.465 e. The summed E-state index contributed by atoms with van der Waals surface area (Å²) in [7, 11) is -1.97. The van der Waals surface area contributed by atoms with E-state index in [2.05, 4.69) is 52.9 Å². The number of hydrogen-bond donors (Lipinski definition) is 0. The molecule has 3 nitrogen and oxygen atoms in total. The van der Waals surface area contributed by atoms with Crippen LogP contribution in [-0.2, 0) is 14.0 Å². The summed E-state index contributed by atoms with van der Waals surface area (Å²) in [6, 6.07) is 0. The van der Waals surface area contributed by atoms with Crippen molar-refractivity contribution >= 4 is 14.3 Å². The maximum atomic E-state index is 12.9. The van der Waals surface area contributed by atoms with Gasteiger partial charge in [-0.3, -0.25) is 4.79 Å². The molecule has 0 amide bonds. The molecule has 0 saturated heterocycles. The van der Waals surface area contributed by atoms with Gasteiger partial charge in [-0.25, -0.2) is 0 Å². The number of esters is 1. The highest BCUT2D eigenvalue weighted by molar-refractivity contribution is 6.74. The van der Waals surface area contributed by atoms with Crippen LogP contribution < -0.4 is 0 Å². The lowest BCUT2D eigenvalue weighted by molar-refractivity contribution is -0.331. The number of carbonyl (C=O) groups is 1. The van der Waals surface area contributed by atoms with Gasteiger partial charge in [0, 0.05) is 5.41 Å². The van der Waals surface area contributed by atoms with Crippen molar-refractivity contribution in [2.24, 2.45) is 28.6 Å². The molecule has 0 bridgehead atoms. The van der Waals surface area contributed by atoms with Crippen molar-refractivity contribution in [1.82, 2.24) is 0 Å². The molecule has 0 heterocycles. The molecule has 0 aromatic rings. The van der Waals surface area contributed by atoms with Crippen LogP contribution in [0.3, 0.4) is 0 Å². The van der Waals surface area contributed by atoms with E-state index in [-0.39, 0.29) is 27.4 Å². The summed E-state index contributed by atoms with van der Waals surface area (Å²) in [5, 5.41) is 0.148. The SMILES string of the molecule is CCOC(=O)[C@]12C[C@H]1[C@]1(C)[C@H]3C=CC[C@H]3[C@@]12O[Si](C)(C)C(C)(C)C. The average Bonchev–Trinajstić information content (AvgIpc) is 3.01. The fraction of sp³-hybridized carbons (Fsp3) is 0.850. The first-order chi connectivity index (χ1) is 11.0. The Hall–Kier alpha value is -0.613. The molecule has 24 heavy (non-hydrogen) atoms. The highest BCUT2D eigenvalue weighted by Gasteiger charge is 3.00. The quantitative estimate of drug-likeness (QED) is 0.425. The average molecular weight is 349 g/mol. The Morgan fingerprint density at radius 1 is 1.33 bits per heavy atom. The molecule has 0 aromatic heterocycles. The summed E-state index contributed by atoms with van der Waals surface area (Å²) in [4.78, 5) is 12.9. The van der Waals surface area contributed by atoms with Crippen LogP contribution >= 0.6 is 0 Å². The van der Waals surface area contributed by atoms with E-state index in [1.807, 2.05) is 6.92 Å². The maximum absolute atomic E-state index is 12.9. The number of rotatable bonds is 4. The summed E-state index contributed by atoms with van der Waals surface area (Å²) >= 11 is 0. The van der Waals surface area contributed by atoms with Crippen LogP contribution in [0.25, 0.3) is 0 Å². The number of ether oxygens (including phenoxy) is 1. The number of fused-ring (bicyclic) bond motifs is 7. The highest BCUT2D eigenvalue weighted by Crippen LogP contribution is 2.94. The minimum absolute atomic E-state index is 0.0107. The van der Waals surface area contributed by atoms with Crippen molar-refractivity contribution in [3.63, 3.8) is 0 Å². The number of hydrogen-bond acceptors (Lipinski definition) is 3. The molecular formula is C20H32O3Si. The van der Waals surface area contributed by atoms with E-state index in [0.29, 0.717) is 24.4 Å². The van der Waals surface area contributed by atoms with E-state index in [1.54, 1.807) is 0 Å². The predicted octanol–water partition coefficient (Wildman–Crippen LogP) is 4.54. The van der Waals surface area contributed by atoms with Gasteiger partial charge in [-0.2, -0.15) is 0 Å². The zero-order chi connectivity index (χ0) is 17.8. The first-order valence-electron chi connectivity index (χ1n) is 9.55. The van der Waals surface area contributed by atoms with Crippen molar-refractivity contribution in [2.75, 3.05) is 6.61 Å². The molecule has 134 valence electrons. The summed E-state index contributed by atoms with van der Waals surface area (Å²) in [5.74, 6) is 1.53. The number of carbonyl (C=O) groups excluding carboxylic acids is 1. The Labute approximate surface area is 147 Å². The van der Waals surface area contributed by atoms with E-state index in [0.717, 1.165) is 12.8 Å². The lowest BCUT2D eigenvalue weighted by Gasteiger charge is -2.77. The van der Waals surface area contributed by atoms with E-state index >= 15 is 0 Å². The van der Waals surface area contributed by atoms with E-state index in [1.165, 1.54) is 0 Å². The van der Waals surface area contributed by atoms with Gasteiger partial charge in [0.25, 0.3) is 0 Å². The standard InChI is InChI=1S/C20H32O3Si/c1-8-22-16(21)19-12-15(19)18(5)13-10-9-11-14(13)20(18,19)23-24(6,7)17(2,3)4/h9-10,13-15H,8,11-12H2,1-7H3/t13-,14+,15-,18-,19-,20+/m0/s1. The molecule has 0 aliphatic heterocycles. The number of allylic oxidation sites excluding steroid dienone is 2. The van der Waals surface area contributed by atoms with Crippen LogP contribution in [0.2, 0.25) is 18.1 Å². The fourth-order valence-corrected chi connectivity index (χ4v) is 8.00. The molecule has 3 saturated carbocycles. The smallest absolute Gasteiger partial charge is 0.315 e. The monoisotopic (exact) mass is 348 g/mol. The molecule has 0 unspecified atom stereocenters. The minimum Gasteiger partial charge on any atom is -0.465 e. The van der Waals surface area contributed by atoms with Gasteiger partial charge in [-0.1, -0.05) is 39.8 Å². The normalized spacial score (nSPS) is 47.9. The molecule has 6 atom stereocenters. The van der Waals surface area contributed by atoms with E-state index in [9.17, 15) is 4.79 Å². The summed E-state index contributed by atoms with van der Waals surface area (Å²) in [6.07, 6.45) is 6.74. The molecule has 0 radical (unpaired) electrons. The second-order valence-corrected chi connectivity index (χ2v) is 14.9. The van der Waals surface area contributed by atoms with Crippen LogP contribution in [0, 0.1) is 28.6 Å². The fourth-order valence-electron chi connectivity index (χ4n) is 6.33. The van der Waals surface area contributed by atoms with Gasteiger partial charge in [0.15, 0.2) is 8.32 Å². The molecule has 4 heteroatoms. The van der Waals surface area contributed by atoms with Crippen molar-refractivity contribution in [1.29, 1.82) is 0 Å². The molecule has 4 aliphatic rings. The Kier molecular flexibility index (Phi) is 3.07. The zero-order valence-electron chi connectivity index (χ0n) is 16.2. The first kappa shape index (κ1) is 16.8. The summed E-state index contributed by atoms with van der Waals surface area (Å²) in [5.41, 5.74) is -0.499. The van der Waals surface area contributed by atoms with Gasteiger partial charge in [0.1, 0.15) is 5.41 Å². The molecule has 0 aromatic carbocycles. The molecule has 3 fully saturated rings. The lowest BCUT2D eigenvalue weighted by atomic mass is 9.32. The van der Waals surface area contributed by atoms with Crippen LogP contribution in [0.1, 0.15) is 47.5 Å². The molecular weight excluding hydrogens is 316 g/mol. The Morgan fingerprint density at radius 3 is 2.58 bits per heavy atom. The predicted molar refractivity (Wildman–Crippen MR) is 97.0 cm³/mol. The Balaban J connectivity index is 1.76. The van der Waals surface area contributed by atoms with E-state index < -0.39 is 8.32 Å². The lowest BCUT2D eigenvalue weighted by Crippen LogP contribution is -2.84. The highest BCUT2D eigenvalue weighted by atomic mass is 28.4. The van der Waals surface area contributed by atoms with Crippen LogP contribution in [0.15, 0.2) is 12.2 Å². The van der Waals surface area contributed by atoms with Crippen molar-refractivity contribution in [3.05, 3.63) is 12.2 Å². The van der Waals surface area contributed by atoms with Gasteiger partial charge in [-0.15, -0.1) is 0 Å². The van der Waals surface area contributed by atoms with Gasteiger partial charge in [-0.05, 0) is 55.7 Å². The summed E-state index contributed by atoms with van der Waals surface area (Å²) in [6.45, 7) is 16.3. The van der Waals surface area contributed by atoms with Gasteiger partial charge in [0.05, 0.1) is 12.2 Å². The van der Waals surface area contributed by atoms with Crippen LogP contribution in [0.4, 0.5) is 0 Å². The minimum atomic E-state index is -1.97. The van der Waals surface area contributed by atoms with Crippen LogP contribution in [0.5, 0.6) is 0 Å².